The van der Waals surface area contributed by atoms with Crippen molar-refractivity contribution in [2.24, 2.45) is 0 Å². The molecule has 4 aromatic carbocycles. The SMILES string of the molecule is CC[Si]1(C)C(c2cccc(C#N)c2)=C(c2ccccc2)C(c2ccccc2)=C1c1cccc(C#N)c1. The van der Waals surface area contributed by atoms with Crippen LogP contribution in [0.1, 0.15) is 40.3 Å². The van der Waals surface area contributed by atoms with Crippen molar-refractivity contribution in [1.29, 1.82) is 10.5 Å². The smallest absolute Gasteiger partial charge is 0.118 e. The van der Waals surface area contributed by atoms with Gasteiger partial charge in [-0.1, -0.05) is 104 Å². The van der Waals surface area contributed by atoms with Gasteiger partial charge >= 0.3 is 0 Å². The molecule has 4 aromatic rings. The number of rotatable bonds is 5. The van der Waals surface area contributed by atoms with Gasteiger partial charge in [0.2, 0.25) is 0 Å². The molecule has 0 aromatic heterocycles. The first-order valence-corrected chi connectivity index (χ1v) is 14.9. The fraction of sp³-hybridized carbons (Fsp3) is 0.0909. The largest absolute Gasteiger partial charge is 0.192 e. The van der Waals surface area contributed by atoms with Crippen molar-refractivity contribution < 1.29 is 0 Å². The predicted molar refractivity (Wildman–Crippen MR) is 151 cm³/mol. The molecule has 0 saturated carbocycles. The van der Waals surface area contributed by atoms with Crippen molar-refractivity contribution in [2.45, 2.75) is 19.5 Å². The maximum Gasteiger partial charge on any atom is 0.118 e. The van der Waals surface area contributed by atoms with Crippen LogP contribution >= 0.6 is 0 Å². The van der Waals surface area contributed by atoms with E-state index in [2.05, 4.69) is 98.4 Å². The van der Waals surface area contributed by atoms with Crippen LogP contribution in [0.15, 0.2) is 109 Å². The summed E-state index contributed by atoms with van der Waals surface area (Å²) in [4.78, 5) is 0. The zero-order valence-corrected chi connectivity index (χ0v) is 21.5. The molecule has 172 valence electrons. The summed E-state index contributed by atoms with van der Waals surface area (Å²) < 4.78 is 0. The molecule has 0 atom stereocenters. The first-order valence-electron chi connectivity index (χ1n) is 12.2. The fourth-order valence-corrected chi connectivity index (χ4v) is 9.67. The average molecular weight is 479 g/mol. The third-order valence-corrected chi connectivity index (χ3v) is 11.9. The molecular weight excluding hydrogens is 452 g/mol. The molecule has 0 spiro atoms. The topological polar surface area (TPSA) is 47.6 Å². The van der Waals surface area contributed by atoms with Crippen LogP contribution in [0.3, 0.4) is 0 Å². The quantitative estimate of drug-likeness (QED) is 0.272. The van der Waals surface area contributed by atoms with Gasteiger partial charge in [0.25, 0.3) is 0 Å². The summed E-state index contributed by atoms with van der Waals surface area (Å²) in [6, 6.07) is 43.0. The van der Waals surface area contributed by atoms with Crippen LogP contribution in [0.4, 0.5) is 0 Å². The number of benzene rings is 4. The molecule has 36 heavy (non-hydrogen) atoms. The zero-order chi connectivity index (χ0) is 25.1. The Hall–Kier alpha value is -4.44. The van der Waals surface area contributed by atoms with Gasteiger partial charge in [-0.2, -0.15) is 10.5 Å². The van der Waals surface area contributed by atoms with Gasteiger partial charge in [-0.3, -0.25) is 0 Å². The minimum Gasteiger partial charge on any atom is -0.192 e. The molecule has 0 bridgehead atoms. The van der Waals surface area contributed by atoms with E-state index < -0.39 is 8.07 Å². The van der Waals surface area contributed by atoms with Crippen molar-refractivity contribution in [3.8, 4) is 12.1 Å². The maximum atomic E-state index is 9.70. The lowest BCUT2D eigenvalue weighted by molar-refractivity contribution is 1.39. The van der Waals surface area contributed by atoms with Crippen LogP contribution in [0.25, 0.3) is 21.5 Å². The lowest BCUT2D eigenvalue weighted by Gasteiger charge is -2.30. The molecule has 0 unspecified atom stereocenters. The molecule has 0 fully saturated rings. The Morgan fingerprint density at radius 1 is 0.556 bits per heavy atom. The minimum absolute atomic E-state index is 0.668. The first-order chi connectivity index (χ1) is 17.6. The van der Waals surface area contributed by atoms with Gasteiger partial charge in [-0.05, 0) is 68.1 Å². The number of nitriles is 2. The Morgan fingerprint density at radius 2 is 0.944 bits per heavy atom. The third-order valence-electron chi connectivity index (χ3n) is 7.25. The Kier molecular flexibility index (Phi) is 6.26. The second kappa shape index (κ2) is 9.66. The van der Waals surface area contributed by atoms with E-state index in [1.54, 1.807) is 0 Å². The van der Waals surface area contributed by atoms with E-state index in [1.165, 1.54) is 32.7 Å². The van der Waals surface area contributed by atoms with Gasteiger partial charge in [-0.15, -0.1) is 0 Å². The van der Waals surface area contributed by atoms with E-state index in [9.17, 15) is 10.5 Å². The molecule has 5 rings (SSSR count). The summed E-state index contributed by atoms with van der Waals surface area (Å²) in [5.41, 5.74) is 8.39. The summed E-state index contributed by atoms with van der Waals surface area (Å²) in [5.74, 6) is 0. The molecule has 1 aliphatic heterocycles. The lowest BCUT2D eigenvalue weighted by atomic mass is 9.89. The van der Waals surface area contributed by atoms with E-state index in [1.807, 2.05) is 36.4 Å². The molecule has 3 heteroatoms. The van der Waals surface area contributed by atoms with Crippen LogP contribution in [0, 0.1) is 22.7 Å². The van der Waals surface area contributed by atoms with E-state index in [0.29, 0.717) is 11.1 Å². The summed E-state index contributed by atoms with van der Waals surface area (Å²) in [5, 5.41) is 22.1. The van der Waals surface area contributed by atoms with Crippen LogP contribution in [0.5, 0.6) is 0 Å². The zero-order valence-electron chi connectivity index (χ0n) is 20.5. The van der Waals surface area contributed by atoms with Gasteiger partial charge in [0.1, 0.15) is 8.07 Å². The number of hydrogen-bond donors (Lipinski definition) is 0. The molecule has 2 nitrogen and oxygen atoms in total. The third kappa shape index (κ3) is 3.91. The van der Waals surface area contributed by atoms with Gasteiger partial charge in [0.15, 0.2) is 0 Å². The molecular formula is C33H26N2Si. The van der Waals surface area contributed by atoms with Crippen molar-refractivity contribution in [1.82, 2.24) is 0 Å². The highest BCUT2D eigenvalue weighted by molar-refractivity contribution is 7.13. The molecule has 1 aliphatic rings. The monoisotopic (exact) mass is 478 g/mol. The molecule has 0 amide bonds. The van der Waals surface area contributed by atoms with E-state index in [-0.39, 0.29) is 0 Å². The Balaban J connectivity index is 1.95. The predicted octanol–water partition coefficient (Wildman–Crippen LogP) is 8.14. The van der Waals surface area contributed by atoms with Crippen LogP contribution in [0.2, 0.25) is 12.6 Å². The Bertz CT molecular complexity index is 1470. The van der Waals surface area contributed by atoms with Crippen molar-refractivity contribution in [3.63, 3.8) is 0 Å². The molecule has 0 radical (unpaired) electrons. The van der Waals surface area contributed by atoms with Crippen LogP contribution in [-0.4, -0.2) is 8.07 Å². The number of allylic oxidation sites excluding steroid dienone is 2. The van der Waals surface area contributed by atoms with Gasteiger partial charge in [0.05, 0.1) is 23.3 Å². The lowest BCUT2D eigenvalue weighted by Crippen LogP contribution is -2.32. The minimum atomic E-state index is -2.32. The standard InChI is InChI=1S/C33H26N2Si/c1-3-36(2)32(28-18-10-12-24(20-28)22-34)30(26-14-6-4-7-15-26)31(27-16-8-5-9-17-27)33(36)29-19-11-13-25(21-29)23-35/h4-21H,3H2,1-2H3. The number of nitrogens with zero attached hydrogens (tertiary/aromatic N) is 2. The second-order valence-corrected chi connectivity index (χ2v) is 13.7. The molecule has 1 heterocycles. The van der Waals surface area contributed by atoms with E-state index in [4.69, 9.17) is 0 Å². The van der Waals surface area contributed by atoms with Crippen LogP contribution in [-0.2, 0) is 0 Å². The summed E-state index contributed by atoms with van der Waals surface area (Å²) >= 11 is 0. The summed E-state index contributed by atoms with van der Waals surface area (Å²) in [6.45, 7) is 4.72. The normalized spacial score (nSPS) is 14.4. The summed E-state index contributed by atoms with van der Waals surface area (Å²) in [6.07, 6.45) is 0. The molecule has 0 N–H and O–H groups in total. The van der Waals surface area contributed by atoms with Crippen molar-refractivity contribution >= 4 is 29.6 Å². The first kappa shape index (κ1) is 23.3. The highest BCUT2D eigenvalue weighted by Crippen LogP contribution is 2.56. The van der Waals surface area contributed by atoms with Gasteiger partial charge < -0.3 is 0 Å². The van der Waals surface area contributed by atoms with Gasteiger partial charge in [-0.25, -0.2) is 0 Å². The average Bonchev–Trinajstić information content (AvgIpc) is 3.23. The van der Waals surface area contributed by atoms with Crippen LogP contribution < -0.4 is 0 Å². The second-order valence-electron chi connectivity index (χ2n) is 9.30. The van der Waals surface area contributed by atoms with E-state index in [0.717, 1.165) is 17.2 Å². The summed E-state index contributed by atoms with van der Waals surface area (Å²) in [7, 11) is -2.32. The van der Waals surface area contributed by atoms with E-state index >= 15 is 0 Å². The Labute approximate surface area is 214 Å². The highest BCUT2D eigenvalue weighted by atomic mass is 28.3. The molecule has 0 aliphatic carbocycles. The van der Waals surface area contributed by atoms with Crippen molar-refractivity contribution in [2.75, 3.05) is 0 Å². The number of hydrogen-bond acceptors (Lipinski definition) is 2. The molecule has 0 saturated heterocycles. The Morgan fingerprint density at radius 3 is 1.31 bits per heavy atom. The van der Waals surface area contributed by atoms with Gasteiger partial charge in [0, 0.05) is 0 Å². The maximum absolute atomic E-state index is 9.70. The van der Waals surface area contributed by atoms with Crippen molar-refractivity contribution in [3.05, 3.63) is 143 Å². The fourth-order valence-electron chi connectivity index (χ4n) is 5.48. The highest BCUT2D eigenvalue weighted by Gasteiger charge is 2.45.